The van der Waals surface area contributed by atoms with E-state index in [1.165, 1.54) is 0 Å². The zero-order valence-corrected chi connectivity index (χ0v) is 26.7. The van der Waals surface area contributed by atoms with Gasteiger partial charge in [-0.15, -0.1) is 11.6 Å². The van der Waals surface area contributed by atoms with Crippen LogP contribution in [0.5, 0.6) is 0 Å². The summed E-state index contributed by atoms with van der Waals surface area (Å²) >= 11 is 6.89. The van der Waals surface area contributed by atoms with E-state index in [1.54, 1.807) is 19.1 Å². The summed E-state index contributed by atoms with van der Waals surface area (Å²) in [5.41, 5.74) is 0.449. The van der Waals surface area contributed by atoms with Crippen molar-refractivity contribution >= 4 is 17.6 Å². The van der Waals surface area contributed by atoms with Gasteiger partial charge in [-0.3, -0.25) is 4.79 Å². The van der Waals surface area contributed by atoms with Gasteiger partial charge in [-0.25, -0.2) is 0 Å². The normalized spacial score (nSPS) is 48.6. The second-order valence-corrected chi connectivity index (χ2v) is 14.0. The molecular weight excluding hydrogens is 556 g/mol. The number of carbonyl (C=O) groups is 1. The van der Waals surface area contributed by atoms with E-state index >= 15 is 0 Å². The van der Waals surface area contributed by atoms with Crippen LogP contribution in [0, 0.1) is 23.7 Å². The third-order valence-electron chi connectivity index (χ3n) is 10.4. The van der Waals surface area contributed by atoms with Gasteiger partial charge in [0.15, 0.2) is 5.79 Å². The average molecular weight is 605 g/mol. The van der Waals surface area contributed by atoms with Crippen LogP contribution in [0.3, 0.4) is 0 Å². The zero-order chi connectivity index (χ0) is 30.4. The fraction of sp³-hybridized carbons (Fsp3) is 0.735. The first-order chi connectivity index (χ1) is 19.9. The maximum absolute atomic E-state index is 14.0. The van der Waals surface area contributed by atoms with Crippen LogP contribution in [0.1, 0.15) is 80.1 Å². The van der Waals surface area contributed by atoms with Gasteiger partial charge in [0.1, 0.15) is 29.8 Å². The van der Waals surface area contributed by atoms with E-state index < -0.39 is 41.6 Å². The minimum Gasteiger partial charge on any atom is -0.462 e. The van der Waals surface area contributed by atoms with Crippen molar-refractivity contribution in [3.63, 3.8) is 0 Å². The Morgan fingerprint density at radius 1 is 1.17 bits per heavy atom. The fourth-order valence-electron chi connectivity index (χ4n) is 7.54. The zero-order valence-electron chi connectivity index (χ0n) is 25.9. The van der Waals surface area contributed by atoms with Crippen LogP contribution in [-0.4, -0.2) is 70.1 Å². The first kappa shape index (κ1) is 31.9. The molecule has 0 aromatic carbocycles. The van der Waals surface area contributed by atoms with Crippen LogP contribution < -0.4 is 0 Å². The monoisotopic (exact) mass is 604 g/mol. The lowest BCUT2D eigenvalue weighted by atomic mass is 9.71. The maximum Gasteiger partial charge on any atom is 0.316 e. The number of allylic oxidation sites excluding steroid dienone is 4. The van der Waals surface area contributed by atoms with E-state index in [4.69, 9.17) is 30.5 Å². The Kier molecular flexibility index (Phi) is 9.50. The number of carbonyl (C=O) groups excluding carboxylic acids is 1. The summed E-state index contributed by atoms with van der Waals surface area (Å²) < 4.78 is 25.8. The topological polar surface area (TPSA) is 94.5 Å². The SMILES string of the molecule is CC[C@H](C)[C@H]1O[C@]2(CC[C@@H]1C)C[C@@H]1C[C@@H](C/C=C(\C)[C@H](Cl)[C@@H](C)/C=C/C=C3\CO[C@@H]4[C@H](O)C(C)=C[C@@H](C(=O)O1)[C@]34O)O2. The Balaban J connectivity index is 1.53. The van der Waals surface area contributed by atoms with E-state index in [9.17, 15) is 15.0 Å². The second-order valence-electron chi connectivity index (χ2n) is 13.5. The van der Waals surface area contributed by atoms with Gasteiger partial charge in [-0.2, -0.15) is 0 Å². The molecule has 234 valence electrons. The van der Waals surface area contributed by atoms with Crippen LogP contribution in [-0.2, 0) is 23.7 Å². The third-order valence-corrected chi connectivity index (χ3v) is 11.2. The summed E-state index contributed by atoms with van der Waals surface area (Å²) in [4.78, 5) is 14.0. The van der Waals surface area contributed by atoms with E-state index in [0.717, 1.165) is 24.8 Å². The molecule has 0 radical (unpaired) electrons. The highest BCUT2D eigenvalue weighted by molar-refractivity contribution is 6.22. The van der Waals surface area contributed by atoms with Crippen LogP contribution in [0.2, 0.25) is 0 Å². The lowest BCUT2D eigenvalue weighted by Crippen LogP contribution is -2.58. The van der Waals surface area contributed by atoms with E-state index in [-0.39, 0.29) is 30.1 Å². The van der Waals surface area contributed by atoms with Crippen molar-refractivity contribution in [2.45, 2.75) is 127 Å². The second kappa shape index (κ2) is 12.5. The van der Waals surface area contributed by atoms with Crippen LogP contribution in [0.25, 0.3) is 0 Å². The molecule has 0 saturated carbocycles. The van der Waals surface area contributed by atoms with Gasteiger partial charge in [0.25, 0.3) is 0 Å². The predicted molar refractivity (Wildman–Crippen MR) is 162 cm³/mol. The van der Waals surface area contributed by atoms with E-state index in [2.05, 4.69) is 33.8 Å². The van der Waals surface area contributed by atoms with E-state index in [0.29, 0.717) is 42.2 Å². The molecule has 7 nitrogen and oxygen atoms in total. The molecule has 0 aromatic rings. The van der Waals surface area contributed by atoms with Gasteiger partial charge in [0.2, 0.25) is 0 Å². The largest absolute Gasteiger partial charge is 0.462 e. The molecule has 1 spiro atoms. The molecule has 42 heavy (non-hydrogen) atoms. The Labute approximate surface area is 256 Å². The minimum atomic E-state index is -1.72. The average Bonchev–Trinajstić information content (AvgIpc) is 3.30. The third kappa shape index (κ3) is 5.94. The molecule has 5 rings (SSSR count). The van der Waals surface area contributed by atoms with Gasteiger partial charge in [0.05, 0.1) is 24.2 Å². The van der Waals surface area contributed by atoms with Gasteiger partial charge in [0, 0.05) is 19.3 Å². The van der Waals surface area contributed by atoms with Crippen molar-refractivity contribution in [1.29, 1.82) is 0 Å². The molecule has 0 aromatic heterocycles. The summed E-state index contributed by atoms with van der Waals surface area (Å²) in [5, 5.41) is 22.8. The highest BCUT2D eigenvalue weighted by Crippen LogP contribution is 2.48. The van der Waals surface area contributed by atoms with Crippen LogP contribution >= 0.6 is 11.6 Å². The Morgan fingerprint density at radius 2 is 1.93 bits per heavy atom. The van der Waals surface area contributed by atoms with Gasteiger partial charge >= 0.3 is 5.97 Å². The smallest absolute Gasteiger partial charge is 0.316 e. The number of hydrogen-bond acceptors (Lipinski definition) is 7. The molecule has 5 aliphatic rings. The molecule has 12 atom stereocenters. The van der Waals surface area contributed by atoms with Crippen molar-refractivity contribution in [3.8, 4) is 0 Å². The van der Waals surface area contributed by atoms with Crippen molar-refractivity contribution < 1.29 is 34.0 Å². The number of hydrogen-bond donors (Lipinski definition) is 2. The molecule has 3 saturated heterocycles. The molecule has 0 amide bonds. The van der Waals surface area contributed by atoms with Gasteiger partial charge < -0.3 is 29.2 Å². The molecule has 1 aliphatic carbocycles. The van der Waals surface area contributed by atoms with Crippen molar-refractivity contribution in [3.05, 3.63) is 47.1 Å². The summed E-state index contributed by atoms with van der Waals surface area (Å²) in [6.07, 6.45) is 11.1. The standard InChI is InChI=1S/C34H49ClO7/c1-7-19(2)30-22(5)13-14-33(42-30)17-26-16-25(41-33)12-11-21(4)28(35)20(3)9-8-10-24-18-39-31-29(36)23(6)15-27(32(37)40-26)34(24,31)38/h8-11,15,19-20,22,25-31,36,38H,7,12-14,16-18H2,1-6H3/b9-8+,21-11+,24-10+/t19-,20-,22-,25+,26-,27-,28+,29+,30+,31+,33+,34+/m0/s1. The number of ether oxygens (including phenoxy) is 4. The fourth-order valence-corrected chi connectivity index (χ4v) is 7.71. The molecule has 2 N–H and O–H groups in total. The lowest BCUT2D eigenvalue weighted by molar-refractivity contribution is -0.340. The van der Waals surface area contributed by atoms with Crippen molar-refractivity contribution in [2.24, 2.45) is 23.7 Å². The Bertz CT molecular complexity index is 1140. The molecule has 2 bridgehead atoms. The number of fused-ring (bicyclic) bond motifs is 2. The first-order valence-electron chi connectivity index (χ1n) is 15.8. The van der Waals surface area contributed by atoms with Gasteiger partial charge in [-0.05, 0) is 55.6 Å². The molecule has 0 unspecified atom stereocenters. The number of alkyl halides is 1. The number of aliphatic hydroxyl groups excluding tert-OH is 1. The van der Waals surface area contributed by atoms with Gasteiger partial charge in [-0.1, -0.05) is 70.1 Å². The molecule has 8 heteroatoms. The molecule has 3 fully saturated rings. The highest BCUT2D eigenvalue weighted by Gasteiger charge is 2.60. The number of halogens is 1. The van der Waals surface area contributed by atoms with Crippen molar-refractivity contribution in [1.82, 2.24) is 0 Å². The molecule has 4 aliphatic heterocycles. The summed E-state index contributed by atoms with van der Waals surface area (Å²) in [7, 11) is 0. The number of esters is 1. The Hall–Kier alpha value is -1.48. The summed E-state index contributed by atoms with van der Waals surface area (Å²) in [6.45, 7) is 12.6. The Morgan fingerprint density at radius 3 is 2.67 bits per heavy atom. The summed E-state index contributed by atoms with van der Waals surface area (Å²) in [6, 6.07) is 0. The molecular formula is C34H49ClO7. The van der Waals surface area contributed by atoms with E-state index in [1.807, 2.05) is 19.1 Å². The number of aliphatic hydroxyl groups is 2. The lowest BCUT2D eigenvalue weighted by Gasteiger charge is -2.51. The van der Waals surface area contributed by atoms with Crippen molar-refractivity contribution in [2.75, 3.05) is 6.61 Å². The van der Waals surface area contributed by atoms with Crippen LogP contribution in [0.15, 0.2) is 47.1 Å². The first-order valence-corrected chi connectivity index (χ1v) is 16.3. The predicted octanol–water partition coefficient (Wildman–Crippen LogP) is 5.78. The van der Waals surface area contributed by atoms with Crippen LogP contribution in [0.4, 0.5) is 0 Å². The minimum absolute atomic E-state index is 0.0195. The highest BCUT2D eigenvalue weighted by atomic mass is 35.5. The maximum atomic E-state index is 14.0. The quantitative estimate of drug-likeness (QED) is 0.234. The number of rotatable bonds is 2. The molecule has 4 heterocycles. The summed E-state index contributed by atoms with van der Waals surface area (Å²) in [5.74, 6) is -1.57.